The molecular weight excluding hydrogens is 688 g/mol. The van der Waals surface area contributed by atoms with Gasteiger partial charge in [-0.2, -0.15) is 0 Å². The fourth-order valence-corrected chi connectivity index (χ4v) is 4.53. The highest BCUT2D eigenvalue weighted by Crippen LogP contribution is 2.05. The van der Waals surface area contributed by atoms with Crippen LogP contribution in [0.4, 0.5) is 0 Å². The van der Waals surface area contributed by atoms with E-state index in [0.29, 0.717) is 11.4 Å². The Morgan fingerprint density at radius 1 is 0.731 bits per heavy atom. The minimum absolute atomic E-state index is 0.0886. The zero-order valence-electron chi connectivity index (χ0n) is 28.8. The standard InChI is InChI=1S/C30H46N12O10/c1-14(2)25(30(51)52)42-23(46)11-36-26(47)19(6-16-8-33-12-37-16)40-28(49)18(4-5-21(31)44)39-22(45)10-35-27(48)20(7-17-9-34-13-38-17)41-29(50)24(32)15(3)43/h8-9,12-15,18-20,24-25,43H,4-7,10-11,32H2,1-3H3,(H2,31,44)(H,33,37)(H,34,38)(H,35,48)(H,36,47)(H,39,45)(H,40,49)(H,41,50)(H,42,46)(H,51,52)/t15-,18+,19+,20+,24+,25+/m1/s1. The molecule has 0 aliphatic carbocycles. The Bertz CT molecular complexity index is 1530. The van der Waals surface area contributed by atoms with Gasteiger partial charge in [-0.05, 0) is 19.3 Å². The van der Waals surface area contributed by atoms with Crippen molar-refractivity contribution in [2.24, 2.45) is 17.4 Å². The number of H-pyrrole nitrogens is 2. The molecule has 286 valence electrons. The van der Waals surface area contributed by atoms with Crippen LogP contribution in [-0.4, -0.2) is 127 Å². The maximum Gasteiger partial charge on any atom is 0.326 e. The van der Waals surface area contributed by atoms with Gasteiger partial charge in [0.25, 0.3) is 0 Å². The van der Waals surface area contributed by atoms with Crippen molar-refractivity contribution in [1.82, 2.24) is 51.8 Å². The summed E-state index contributed by atoms with van der Waals surface area (Å²) < 4.78 is 0. The van der Waals surface area contributed by atoms with Crippen LogP contribution in [0.1, 0.15) is 45.0 Å². The lowest BCUT2D eigenvalue weighted by atomic mass is 10.0. The summed E-state index contributed by atoms with van der Waals surface area (Å²) in [7, 11) is 0. The van der Waals surface area contributed by atoms with Crippen LogP contribution in [0.15, 0.2) is 25.0 Å². The van der Waals surface area contributed by atoms with E-state index < -0.39 is 103 Å². The third kappa shape index (κ3) is 14.5. The Morgan fingerprint density at radius 2 is 1.21 bits per heavy atom. The predicted octanol–water partition coefficient (Wildman–Crippen LogP) is -5.20. The molecule has 0 spiro atoms. The van der Waals surface area contributed by atoms with E-state index >= 15 is 0 Å². The number of hydrogen-bond acceptors (Lipinski definition) is 12. The van der Waals surface area contributed by atoms with Crippen LogP contribution in [0, 0.1) is 5.92 Å². The number of nitrogens with two attached hydrogens (primary N) is 2. The number of rotatable bonds is 22. The molecule has 2 rings (SSSR count). The fraction of sp³-hybridized carbons (Fsp3) is 0.533. The van der Waals surface area contributed by atoms with Crippen molar-refractivity contribution in [2.45, 2.75) is 82.8 Å². The predicted molar refractivity (Wildman–Crippen MR) is 179 cm³/mol. The van der Waals surface area contributed by atoms with E-state index in [1.807, 2.05) is 0 Å². The minimum atomic E-state index is -1.44. The van der Waals surface area contributed by atoms with Crippen molar-refractivity contribution < 1.29 is 48.6 Å². The molecule has 0 aliphatic heterocycles. The first-order valence-electron chi connectivity index (χ1n) is 16.1. The molecule has 6 atom stereocenters. The molecule has 14 N–H and O–H groups in total. The number of amides is 7. The Morgan fingerprint density at radius 3 is 1.62 bits per heavy atom. The summed E-state index contributed by atoms with van der Waals surface area (Å²) in [6.07, 6.45) is 3.34. The van der Waals surface area contributed by atoms with Crippen molar-refractivity contribution in [3.63, 3.8) is 0 Å². The lowest BCUT2D eigenvalue weighted by Gasteiger charge is -2.24. The van der Waals surface area contributed by atoms with E-state index in [4.69, 9.17) is 11.5 Å². The number of carbonyl (C=O) groups excluding carboxylic acids is 7. The average Bonchev–Trinajstić information content (AvgIpc) is 3.80. The number of carboxylic acid groups (broad SMARTS) is 1. The Labute approximate surface area is 297 Å². The van der Waals surface area contributed by atoms with Gasteiger partial charge in [-0.3, -0.25) is 33.6 Å². The highest BCUT2D eigenvalue weighted by molar-refractivity contribution is 5.96. The molecule has 2 aromatic heterocycles. The first-order chi connectivity index (χ1) is 24.5. The van der Waals surface area contributed by atoms with E-state index in [9.17, 15) is 48.6 Å². The van der Waals surface area contributed by atoms with Crippen molar-refractivity contribution in [2.75, 3.05) is 13.1 Å². The second kappa shape index (κ2) is 20.7. The minimum Gasteiger partial charge on any atom is -0.480 e. The third-order valence-corrected chi connectivity index (χ3v) is 7.47. The van der Waals surface area contributed by atoms with Gasteiger partial charge in [0.1, 0.15) is 30.2 Å². The van der Waals surface area contributed by atoms with Crippen LogP contribution in [-0.2, 0) is 51.2 Å². The number of nitrogens with zero attached hydrogens (tertiary/aromatic N) is 2. The summed E-state index contributed by atoms with van der Waals surface area (Å²) in [6.45, 7) is 3.15. The van der Waals surface area contributed by atoms with E-state index in [1.54, 1.807) is 13.8 Å². The van der Waals surface area contributed by atoms with Crippen LogP contribution in [0.25, 0.3) is 0 Å². The maximum atomic E-state index is 13.4. The van der Waals surface area contributed by atoms with E-state index in [2.05, 4.69) is 51.8 Å². The van der Waals surface area contributed by atoms with E-state index in [-0.39, 0.29) is 25.7 Å². The summed E-state index contributed by atoms with van der Waals surface area (Å²) >= 11 is 0. The lowest BCUT2D eigenvalue weighted by molar-refractivity contribution is -0.143. The Balaban J connectivity index is 2.13. The second-order valence-corrected chi connectivity index (χ2v) is 12.1. The first kappa shape index (κ1) is 42.3. The molecule has 0 aliphatic rings. The SMILES string of the molecule is CC(C)[C@H](NC(=O)CNC(=O)[C@H](Cc1cnc[nH]1)NC(=O)[C@H](CCC(N)=O)NC(=O)CNC(=O)[C@H](Cc1cnc[nH]1)NC(=O)[C@@H](N)[C@@H](C)O)C(=O)O. The molecule has 2 heterocycles. The van der Waals surface area contributed by atoms with Crippen LogP contribution in [0.5, 0.6) is 0 Å². The molecule has 0 radical (unpaired) electrons. The van der Waals surface area contributed by atoms with E-state index in [0.717, 1.165) is 0 Å². The van der Waals surface area contributed by atoms with Gasteiger partial charge in [-0.25, -0.2) is 14.8 Å². The zero-order valence-corrected chi connectivity index (χ0v) is 28.8. The van der Waals surface area contributed by atoms with Gasteiger partial charge in [0.05, 0.1) is 31.8 Å². The number of hydrogen-bond donors (Lipinski definition) is 12. The molecule has 7 amide bonds. The van der Waals surface area contributed by atoms with Crippen molar-refractivity contribution in [1.29, 1.82) is 0 Å². The molecule has 22 heteroatoms. The van der Waals surface area contributed by atoms with Gasteiger partial charge in [0.15, 0.2) is 0 Å². The smallest absolute Gasteiger partial charge is 0.326 e. The number of aliphatic hydroxyl groups is 1. The first-order valence-corrected chi connectivity index (χ1v) is 16.1. The summed E-state index contributed by atoms with van der Waals surface area (Å²) in [5, 5.41) is 33.2. The molecule has 0 saturated carbocycles. The van der Waals surface area contributed by atoms with Crippen molar-refractivity contribution in [3.8, 4) is 0 Å². The summed E-state index contributed by atoms with van der Waals surface area (Å²) in [5.74, 6) is -7.63. The number of carboxylic acids is 1. The number of nitrogens with one attached hydrogen (secondary N) is 8. The number of aromatic amines is 2. The molecule has 0 unspecified atom stereocenters. The highest BCUT2D eigenvalue weighted by atomic mass is 16.4. The normalized spacial score (nSPS) is 14.4. The second-order valence-electron chi connectivity index (χ2n) is 12.1. The van der Waals surface area contributed by atoms with Crippen LogP contribution >= 0.6 is 0 Å². The van der Waals surface area contributed by atoms with Gasteiger partial charge in [0, 0.05) is 43.0 Å². The number of aromatic nitrogens is 4. The maximum absolute atomic E-state index is 13.4. The molecule has 52 heavy (non-hydrogen) atoms. The van der Waals surface area contributed by atoms with Crippen molar-refractivity contribution >= 4 is 47.3 Å². The van der Waals surface area contributed by atoms with Gasteiger partial charge >= 0.3 is 5.97 Å². The Kier molecular flexibility index (Phi) is 16.8. The average molecular weight is 735 g/mol. The van der Waals surface area contributed by atoms with E-state index in [1.165, 1.54) is 32.0 Å². The molecule has 2 aromatic rings. The van der Waals surface area contributed by atoms with Gasteiger partial charge in [-0.15, -0.1) is 0 Å². The van der Waals surface area contributed by atoms with Crippen molar-refractivity contribution in [3.05, 3.63) is 36.4 Å². The molecule has 0 bridgehead atoms. The van der Waals surface area contributed by atoms with Crippen LogP contribution in [0.3, 0.4) is 0 Å². The summed E-state index contributed by atoms with van der Waals surface area (Å²) in [4.78, 5) is 114. The largest absolute Gasteiger partial charge is 0.480 e. The molecule has 0 saturated heterocycles. The highest BCUT2D eigenvalue weighted by Gasteiger charge is 2.30. The summed E-state index contributed by atoms with van der Waals surface area (Å²) in [6, 6.07) is -6.62. The third-order valence-electron chi connectivity index (χ3n) is 7.47. The quantitative estimate of drug-likeness (QED) is 0.0539. The van der Waals surface area contributed by atoms with Gasteiger partial charge in [-0.1, -0.05) is 13.8 Å². The van der Waals surface area contributed by atoms with Crippen LogP contribution < -0.4 is 43.4 Å². The number of carbonyl (C=O) groups is 8. The zero-order chi connectivity index (χ0) is 39.0. The molecule has 0 aromatic carbocycles. The fourth-order valence-electron chi connectivity index (χ4n) is 4.53. The van der Waals surface area contributed by atoms with Gasteiger partial charge in [0.2, 0.25) is 41.4 Å². The summed E-state index contributed by atoms with van der Waals surface area (Å²) in [5.41, 5.74) is 11.8. The molecule has 22 nitrogen and oxygen atoms in total. The number of aliphatic hydroxyl groups excluding tert-OH is 1. The number of imidazole rings is 2. The lowest BCUT2D eigenvalue weighted by Crippen LogP contribution is -2.57. The number of primary amides is 1. The number of aliphatic carboxylic acids is 1. The molecular formula is C30H46N12O10. The topological polar surface area (TPSA) is 359 Å². The van der Waals surface area contributed by atoms with Gasteiger partial charge < -0.3 is 63.5 Å². The monoisotopic (exact) mass is 734 g/mol. The van der Waals surface area contributed by atoms with Crippen LogP contribution in [0.2, 0.25) is 0 Å². The molecule has 0 fully saturated rings. The Hall–Kier alpha value is -5.90.